The van der Waals surface area contributed by atoms with Gasteiger partial charge < -0.3 is 14.9 Å². The van der Waals surface area contributed by atoms with Gasteiger partial charge in [-0.2, -0.15) is 0 Å². The number of rotatable bonds is 10. The highest BCUT2D eigenvalue weighted by molar-refractivity contribution is 5.95. The molecular formula is C11H21NO5. The largest absolute Gasteiger partial charge is 0.466 e. The van der Waals surface area contributed by atoms with Crippen molar-refractivity contribution in [2.75, 3.05) is 39.5 Å². The van der Waals surface area contributed by atoms with E-state index in [1.165, 1.54) is 0 Å². The highest BCUT2D eigenvalue weighted by atomic mass is 16.5. The molecule has 0 aliphatic carbocycles. The van der Waals surface area contributed by atoms with E-state index in [2.05, 4.69) is 4.74 Å². The summed E-state index contributed by atoms with van der Waals surface area (Å²) >= 11 is 0. The molecule has 0 aromatic rings. The van der Waals surface area contributed by atoms with Gasteiger partial charge in [0, 0.05) is 26.1 Å². The predicted octanol–water partition coefficient (Wildman–Crippen LogP) is -0.815. The summed E-state index contributed by atoms with van der Waals surface area (Å²) in [5, 5.41) is 17.5. The Morgan fingerprint density at radius 2 is 1.71 bits per heavy atom. The fourth-order valence-corrected chi connectivity index (χ4v) is 1.36. The summed E-state index contributed by atoms with van der Waals surface area (Å²) in [5.41, 5.74) is 0. The summed E-state index contributed by atoms with van der Waals surface area (Å²) < 4.78 is 4.66. The minimum Gasteiger partial charge on any atom is -0.466 e. The number of esters is 1. The molecule has 0 aliphatic heterocycles. The van der Waals surface area contributed by atoms with E-state index in [9.17, 15) is 9.59 Å². The van der Waals surface area contributed by atoms with Crippen LogP contribution in [0.5, 0.6) is 0 Å². The minimum absolute atomic E-state index is 0.0218. The smallest absolute Gasteiger partial charge is 0.313 e. The quantitative estimate of drug-likeness (QED) is 0.387. The van der Waals surface area contributed by atoms with E-state index >= 15 is 0 Å². The number of Topliss-reactive ketones (excluding diaryl/α,β-unsaturated/α-hetero) is 1. The van der Waals surface area contributed by atoms with Crippen LogP contribution in [0, 0.1) is 0 Å². The predicted molar refractivity (Wildman–Crippen MR) is 61.5 cm³/mol. The number of nitrogens with zero attached hydrogens (tertiary/aromatic N) is 1. The van der Waals surface area contributed by atoms with Crippen LogP contribution >= 0.6 is 0 Å². The van der Waals surface area contributed by atoms with Crippen LogP contribution in [0.4, 0.5) is 0 Å². The van der Waals surface area contributed by atoms with Crippen molar-refractivity contribution in [1.29, 1.82) is 0 Å². The van der Waals surface area contributed by atoms with Gasteiger partial charge in [0.2, 0.25) is 0 Å². The first-order valence-electron chi connectivity index (χ1n) is 5.75. The molecule has 0 radical (unpaired) electrons. The molecule has 0 aromatic carbocycles. The molecule has 0 saturated carbocycles. The van der Waals surface area contributed by atoms with Crippen molar-refractivity contribution in [1.82, 2.24) is 4.90 Å². The third-order valence-electron chi connectivity index (χ3n) is 2.19. The Kier molecular flexibility index (Phi) is 9.60. The van der Waals surface area contributed by atoms with Gasteiger partial charge in [0.1, 0.15) is 12.2 Å². The molecule has 0 aromatic heterocycles. The number of carbonyl (C=O) groups is 2. The standard InChI is InChI=1S/C11H21NO5/c1-2-17-11(16)9-10(15)3-4-12(5-7-13)6-8-14/h13-14H,2-9H2,1H3. The molecule has 2 N–H and O–H groups in total. The zero-order valence-electron chi connectivity index (χ0n) is 10.2. The van der Waals surface area contributed by atoms with Gasteiger partial charge in [-0.15, -0.1) is 0 Å². The molecular weight excluding hydrogens is 226 g/mol. The molecule has 0 unspecified atom stereocenters. The summed E-state index contributed by atoms with van der Waals surface area (Å²) in [5.74, 6) is -0.697. The van der Waals surface area contributed by atoms with Crippen LogP contribution in [0.25, 0.3) is 0 Å². The molecule has 17 heavy (non-hydrogen) atoms. The van der Waals surface area contributed by atoms with E-state index < -0.39 is 5.97 Å². The lowest BCUT2D eigenvalue weighted by atomic mass is 10.2. The molecule has 0 bridgehead atoms. The number of carbonyl (C=O) groups excluding carboxylic acids is 2. The van der Waals surface area contributed by atoms with Crippen molar-refractivity contribution >= 4 is 11.8 Å². The zero-order chi connectivity index (χ0) is 13.1. The summed E-state index contributed by atoms with van der Waals surface area (Å²) in [6.07, 6.45) is 0.0126. The average Bonchev–Trinajstić information content (AvgIpc) is 2.27. The SMILES string of the molecule is CCOC(=O)CC(=O)CCN(CCO)CCO. The van der Waals surface area contributed by atoms with Gasteiger partial charge in [-0.25, -0.2) is 0 Å². The van der Waals surface area contributed by atoms with Crippen molar-refractivity contribution in [2.45, 2.75) is 19.8 Å². The molecule has 6 heteroatoms. The summed E-state index contributed by atoms with van der Waals surface area (Å²) in [6, 6.07) is 0. The van der Waals surface area contributed by atoms with Gasteiger partial charge >= 0.3 is 5.97 Å². The molecule has 0 fully saturated rings. The van der Waals surface area contributed by atoms with E-state index in [0.717, 1.165) is 0 Å². The Hall–Kier alpha value is -0.980. The maximum atomic E-state index is 11.4. The fraction of sp³-hybridized carbons (Fsp3) is 0.818. The lowest BCUT2D eigenvalue weighted by Crippen LogP contribution is -2.32. The Labute approximate surface area is 101 Å². The van der Waals surface area contributed by atoms with Crippen LogP contribution in [-0.4, -0.2) is 66.3 Å². The minimum atomic E-state index is -0.506. The molecule has 6 nitrogen and oxygen atoms in total. The maximum absolute atomic E-state index is 11.4. The second kappa shape index (κ2) is 10.2. The monoisotopic (exact) mass is 247 g/mol. The van der Waals surface area contributed by atoms with Gasteiger partial charge in [-0.1, -0.05) is 0 Å². The molecule has 100 valence electrons. The molecule has 0 atom stereocenters. The summed E-state index contributed by atoms with van der Waals surface area (Å²) in [4.78, 5) is 24.2. The first kappa shape index (κ1) is 16.0. The number of hydrogen-bond acceptors (Lipinski definition) is 6. The van der Waals surface area contributed by atoms with Crippen LogP contribution < -0.4 is 0 Å². The van der Waals surface area contributed by atoms with Crippen LogP contribution in [0.1, 0.15) is 19.8 Å². The lowest BCUT2D eigenvalue weighted by molar-refractivity contribution is -0.145. The normalized spacial score (nSPS) is 10.6. The van der Waals surface area contributed by atoms with Crippen LogP contribution in [0.15, 0.2) is 0 Å². The number of ether oxygens (including phenoxy) is 1. The third kappa shape index (κ3) is 8.79. The topological polar surface area (TPSA) is 87.1 Å². The van der Waals surface area contributed by atoms with Crippen molar-refractivity contribution < 1.29 is 24.5 Å². The second-order valence-corrected chi connectivity index (χ2v) is 3.56. The Morgan fingerprint density at radius 1 is 1.12 bits per heavy atom. The molecule has 0 aliphatic rings. The van der Waals surface area contributed by atoms with E-state index in [-0.39, 0.29) is 38.4 Å². The zero-order valence-corrected chi connectivity index (χ0v) is 10.2. The average molecular weight is 247 g/mol. The van der Waals surface area contributed by atoms with E-state index in [1.807, 2.05) is 0 Å². The van der Waals surface area contributed by atoms with Crippen molar-refractivity contribution in [3.05, 3.63) is 0 Å². The molecule has 0 rings (SSSR count). The maximum Gasteiger partial charge on any atom is 0.313 e. The lowest BCUT2D eigenvalue weighted by Gasteiger charge is -2.19. The van der Waals surface area contributed by atoms with Crippen molar-refractivity contribution in [3.63, 3.8) is 0 Å². The Balaban J connectivity index is 3.82. The third-order valence-corrected chi connectivity index (χ3v) is 2.19. The Morgan fingerprint density at radius 3 is 2.18 bits per heavy atom. The van der Waals surface area contributed by atoms with E-state index in [4.69, 9.17) is 10.2 Å². The first-order chi connectivity index (χ1) is 8.13. The van der Waals surface area contributed by atoms with Gasteiger partial charge in [0.15, 0.2) is 0 Å². The molecule has 0 saturated heterocycles. The highest BCUT2D eigenvalue weighted by Gasteiger charge is 2.12. The van der Waals surface area contributed by atoms with Crippen LogP contribution in [0.3, 0.4) is 0 Å². The van der Waals surface area contributed by atoms with Gasteiger partial charge in [0.05, 0.1) is 19.8 Å². The fourth-order valence-electron chi connectivity index (χ4n) is 1.36. The van der Waals surface area contributed by atoms with Gasteiger partial charge in [-0.3, -0.25) is 14.5 Å². The number of aliphatic hydroxyl groups excluding tert-OH is 2. The van der Waals surface area contributed by atoms with Crippen molar-refractivity contribution in [2.24, 2.45) is 0 Å². The Bertz CT molecular complexity index is 226. The highest BCUT2D eigenvalue weighted by Crippen LogP contribution is 1.97. The van der Waals surface area contributed by atoms with E-state index in [0.29, 0.717) is 19.6 Å². The first-order valence-corrected chi connectivity index (χ1v) is 5.75. The molecule has 0 amide bonds. The number of ketones is 1. The summed E-state index contributed by atoms with van der Waals surface area (Å²) in [7, 11) is 0. The van der Waals surface area contributed by atoms with Crippen LogP contribution in [0.2, 0.25) is 0 Å². The number of hydrogen-bond donors (Lipinski definition) is 2. The van der Waals surface area contributed by atoms with Gasteiger partial charge in [-0.05, 0) is 6.92 Å². The molecule has 0 heterocycles. The second-order valence-electron chi connectivity index (χ2n) is 3.56. The summed E-state index contributed by atoms with van der Waals surface area (Å²) in [6.45, 7) is 3.16. The van der Waals surface area contributed by atoms with Gasteiger partial charge in [0.25, 0.3) is 0 Å². The van der Waals surface area contributed by atoms with Crippen molar-refractivity contribution in [3.8, 4) is 0 Å². The number of aliphatic hydroxyl groups is 2. The molecule has 0 spiro atoms. The van der Waals surface area contributed by atoms with Crippen LogP contribution in [-0.2, 0) is 14.3 Å². The van der Waals surface area contributed by atoms with E-state index in [1.54, 1.807) is 11.8 Å².